The highest BCUT2D eigenvalue weighted by Crippen LogP contribution is 2.30. The van der Waals surface area contributed by atoms with Gasteiger partial charge in [0.2, 0.25) is 5.28 Å². The number of aliphatic hydroxyl groups excluding tert-OH is 2. The summed E-state index contributed by atoms with van der Waals surface area (Å²) < 4.78 is 0. The molecule has 1 fully saturated rings. The summed E-state index contributed by atoms with van der Waals surface area (Å²) in [5.41, 5.74) is -0.146. The average molecular weight is 387 g/mol. The number of hydrogen-bond acceptors (Lipinski definition) is 8. The Labute approximate surface area is 155 Å². The third kappa shape index (κ3) is 3.57. The monoisotopic (exact) mass is 386 g/mol. The average Bonchev–Trinajstić information content (AvgIpc) is 3.14. The lowest BCUT2D eigenvalue weighted by molar-refractivity contribution is 0.132. The SMILES string of the molecule is CCC(CO)(CO)Nc1nc2nc(Cl)nc(N3CCCC3)c2nc1Cl. The van der Waals surface area contributed by atoms with Crippen molar-refractivity contribution < 1.29 is 10.2 Å². The second kappa shape index (κ2) is 7.41. The highest BCUT2D eigenvalue weighted by atomic mass is 35.5. The number of nitrogens with zero attached hydrogens (tertiary/aromatic N) is 5. The van der Waals surface area contributed by atoms with Crippen LogP contribution in [-0.2, 0) is 0 Å². The van der Waals surface area contributed by atoms with Crippen molar-refractivity contribution in [2.24, 2.45) is 0 Å². The Bertz CT molecular complexity index is 757. The molecule has 1 aliphatic rings. The summed E-state index contributed by atoms with van der Waals surface area (Å²) in [6, 6.07) is 0. The Morgan fingerprint density at radius 1 is 1.08 bits per heavy atom. The van der Waals surface area contributed by atoms with Crippen LogP contribution in [0.2, 0.25) is 10.4 Å². The normalized spacial score (nSPS) is 15.2. The first-order chi connectivity index (χ1) is 12.0. The van der Waals surface area contributed by atoms with E-state index in [1.807, 2.05) is 6.92 Å². The number of rotatable bonds is 6. The summed E-state index contributed by atoms with van der Waals surface area (Å²) in [6.07, 6.45) is 2.63. The van der Waals surface area contributed by atoms with Gasteiger partial charge in [-0.25, -0.2) is 9.97 Å². The van der Waals surface area contributed by atoms with Crippen LogP contribution < -0.4 is 10.2 Å². The lowest BCUT2D eigenvalue weighted by Gasteiger charge is -2.30. The number of hydrogen-bond donors (Lipinski definition) is 3. The van der Waals surface area contributed by atoms with Gasteiger partial charge in [-0.05, 0) is 30.9 Å². The van der Waals surface area contributed by atoms with Gasteiger partial charge in [0.15, 0.2) is 28.0 Å². The van der Waals surface area contributed by atoms with Crippen LogP contribution in [0.4, 0.5) is 11.6 Å². The highest BCUT2D eigenvalue weighted by molar-refractivity contribution is 6.32. The van der Waals surface area contributed by atoms with E-state index in [0.29, 0.717) is 23.4 Å². The molecule has 0 radical (unpaired) electrons. The highest BCUT2D eigenvalue weighted by Gasteiger charge is 2.29. The number of halogens is 2. The fourth-order valence-electron chi connectivity index (χ4n) is 2.81. The molecule has 2 aromatic heterocycles. The Morgan fingerprint density at radius 2 is 1.76 bits per heavy atom. The molecule has 25 heavy (non-hydrogen) atoms. The molecule has 0 spiro atoms. The minimum atomic E-state index is -0.944. The van der Waals surface area contributed by atoms with Crippen LogP contribution >= 0.6 is 23.2 Å². The van der Waals surface area contributed by atoms with Crippen molar-refractivity contribution in [3.8, 4) is 0 Å². The van der Waals surface area contributed by atoms with Crippen molar-refractivity contribution in [2.45, 2.75) is 31.7 Å². The molecule has 0 unspecified atom stereocenters. The third-order valence-electron chi connectivity index (χ3n) is 4.51. The first-order valence-corrected chi connectivity index (χ1v) is 8.93. The first kappa shape index (κ1) is 18.3. The zero-order valence-corrected chi connectivity index (χ0v) is 15.3. The van der Waals surface area contributed by atoms with Gasteiger partial charge in [-0.15, -0.1) is 0 Å². The molecule has 0 atom stereocenters. The largest absolute Gasteiger partial charge is 0.394 e. The molecule has 0 aliphatic carbocycles. The van der Waals surface area contributed by atoms with E-state index in [-0.39, 0.29) is 29.5 Å². The molecular weight excluding hydrogens is 367 g/mol. The van der Waals surface area contributed by atoms with Crippen LogP contribution in [0.3, 0.4) is 0 Å². The van der Waals surface area contributed by atoms with Gasteiger partial charge >= 0.3 is 0 Å². The molecule has 0 saturated carbocycles. The molecular formula is C15H20Cl2N6O2. The van der Waals surface area contributed by atoms with Crippen LogP contribution in [0.25, 0.3) is 11.2 Å². The Morgan fingerprint density at radius 3 is 2.36 bits per heavy atom. The number of fused-ring (bicyclic) bond motifs is 1. The molecule has 3 heterocycles. The van der Waals surface area contributed by atoms with Crippen LogP contribution in [0.1, 0.15) is 26.2 Å². The van der Waals surface area contributed by atoms with Crippen LogP contribution in [0.15, 0.2) is 0 Å². The Kier molecular flexibility index (Phi) is 5.43. The molecule has 3 rings (SSSR count). The van der Waals surface area contributed by atoms with Crippen LogP contribution in [-0.4, -0.2) is 62.0 Å². The standard InChI is InChI=1S/C15H20Cl2N6O2/c1-2-15(7-24,8-25)22-12-10(16)18-9-11(19-12)20-14(17)21-13(9)23-5-3-4-6-23/h24-25H,2-8H2,1H3,(H,19,20,21,22). The molecule has 8 nitrogen and oxygen atoms in total. The van der Waals surface area contributed by atoms with Gasteiger partial charge in [-0.2, -0.15) is 9.97 Å². The molecule has 10 heteroatoms. The summed E-state index contributed by atoms with van der Waals surface area (Å²) in [5, 5.41) is 22.4. The van der Waals surface area contributed by atoms with Crippen molar-refractivity contribution in [3.63, 3.8) is 0 Å². The summed E-state index contributed by atoms with van der Waals surface area (Å²) in [7, 11) is 0. The van der Waals surface area contributed by atoms with Gasteiger partial charge < -0.3 is 20.4 Å². The first-order valence-electron chi connectivity index (χ1n) is 8.17. The van der Waals surface area contributed by atoms with E-state index in [4.69, 9.17) is 23.2 Å². The summed E-state index contributed by atoms with van der Waals surface area (Å²) >= 11 is 12.4. The van der Waals surface area contributed by atoms with Crippen molar-refractivity contribution in [3.05, 3.63) is 10.4 Å². The van der Waals surface area contributed by atoms with E-state index in [1.54, 1.807) is 0 Å². The maximum Gasteiger partial charge on any atom is 0.226 e. The summed E-state index contributed by atoms with van der Waals surface area (Å²) in [6.45, 7) is 3.02. The molecule has 2 aromatic rings. The number of nitrogens with one attached hydrogen (secondary N) is 1. The summed E-state index contributed by atoms with van der Waals surface area (Å²) in [4.78, 5) is 19.3. The van der Waals surface area contributed by atoms with Gasteiger partial charge in [0, 0.05) is 13.1 Å². The van der Waals surface area contributed by atoms with Crippen LogP contribution in [0, 0.1) is 0 Å². The minimum Gasteiger partial charge on any atom is -0.394 e. The maximum absolute atomic E-state index is 9.61. The van der Waals surface area contributed by atoms with Gasteiger partial charge in [-0.1, -0.05) is 18.5 Å². The third-order valence-corrected chi connectivity index (χ3v) is 4.95. The van der Waals surface area contributed by atoms with Crippen LogP contribution in [0.5, 0.6) is 0 Å². The second-order valence-electron chi connectivity index (χ2n) is 6.12. The molecule has 0 bridgehead atoms. The van der Waals surface area contributed by atoms with E-state index in [2.05, 4.69) is 30.2 Å². The number of aliphatic hydroxyl groups is 2. The van der Waals surface area contributed by atoms with Crippen molar-refractivity contribution in [1.82, 2.24) is 19.9 Å². The molecule has 1 aliphatic heterocycles. The second-order valence-corrected chi connectivity index (χ2v) is 6.82. The fourth-order valence-corrected chi connectivity index (χ4v) is 3.14. The van der Waals surface area contributed by atoms with Gasteiger partial charge in [-0.3, -0.25) is 0 Å². The Hall–Kier alpha value is -1.48. The lowest BCUT2D eigenvalue weighted by Crippen LogP contribution is -2.45. The lowest BCUT2D eigenvalue weighted by atomic mass is 9.99. The van der Waals surface area contributed by atoms with E-state index in [9.17, 15) is 10.2 Å². The fraction of sp³-hybridized carbons (Fsp3) is 0.600. The minimum absolute atomic E-state index is 0.0862. The van der Waals surface area contributed by atoms with E-state index < -0.39 is 5.54 Å². The Balaban J connectivity index is 2.07. The number of anilines is 2. The molecule has 0 aromatic carbocycles. The predicted octanol–water partition coefficient (Wildman–Crippen LogP) is 1.87. The van der Waals surface area contributed by atoms with Crippen molar-refractivity contribution in [2.75, 3.05) is 36.5 Å². The van der Waals surface area contributed by atoms with Gasteiger partial charge in [0.1, 0.15) is 0 Å². The number of aromatic nitrogens is 4. The quantitative estimate of drug-likeness (QED) is 0.645. The molecule has 3 N–H and O–H groups in total. The molecule has 0 amide bonds. The molecule has 1 saturated heterocycles. The van der Waals surface area contributed by atoms with E-state index in [0.717, 1.165) is 25.9 Å². The topological polar surface area (TPSA) is 107 Å². The van der Waals surface area contributed by atoms with E-state index >= 15 is 0 Å². The zero-order valence-electron chi connectivity index (χ0n) is 13.8. The van der Waals surface area contributed by atoms with Crippen molar-refractivity contribution in [1.29, 1.82) is 0 Å². The van der Waals surface area contributed by atoms with Gasteiger partial charge in [0.25, 0.3) is 0 Å². The smallest absolute Gasteiger partial charge is 0.226 e. The molecule has 136 valence electrons. The van der Waals surface area contributed by atoms with Crippen molar-refractivity contribution >= 4 is 46.0 Å². The van der Waals surface area contributed by atoms with E-state index in [1.165, 1.54) is 0 Å². The summed E-state index contributed by atoms with van der Waals surface area (Å²) in [5.74, 6) is 0.862. The maximum atomic E-state index is 9.61. The zero-order chi connectivity index (χ0) is 18.0. The van der Waals surface area contributed by atoms with Gasteiger partial charge in [0.05, 0.1) is 18.8 Å². The predicted molar refractivity (Wildman–Crippen MR) is 97.4 cm³/mol.